The second kappa shape index (κ2) is 4.59. The molecule has 0 saturated heterocycles. The molecular weight excluding hydrogens is 272 g/mol. The van der Waals surface area contributed by atoms with Crippen LogP contribution in [0, 0.1) is 17.5 Å². The smallest absolute Gasteiger partial charge is 0.169 e. The molecule has 5 heteroatoms. The second-order valence-corrected chi connectivity index (χ2v) is 4.25. The summed E-state index contributed by atoms with van der Waals surface area (Å²) in [4.78, 5) is 0. The third-order valence-electron chi connectivity index (χ3n) is 2.20. The van der Waals surface area contributed by atoms with E-state index in [1.165, 1.54) is 18.2 Å². The summed E-state index contributed by atoms with van der Waals surface area (Å²) in [5, 5.41) is 0.436. The minimum atomic E-state index is -1.26. The lowest BCUT2D eigenvalue weighted by atomic mass is 10.0. The van der Waals surface area contributed by atoms with Crippen LogP contribution >= 0.6 is 23.2 Å². The molecule has 88 valence electrons. The minimum absolute atomic E-state index is 0.0944. The van der Waals surface area contributed by atoms with E-state index in [1.807, 2.05) is 0 Å². The van der Waals surface area contributed by atoms with Gasteiger partial charge in [-0.2, -0.15) is 0 Å². The van der Waals surface area contributed by atoms with Crippen molar-refractivity contribution in [2.45, 2.75) is 0 Å². The van der Waals surface area contributed by atoms with E-state index >= 15 is 0 Å². The summed E-state index contributed by atoms with van der Waals surface area (Å²) in [6.45, 7) is 0. The highest BCUT2D eigenvalue weighted by molar-refractivity contribution is 6.35. The molecule has 2 rings (SSSR count). The van der Waals surface area contributed by atoms with Crippen molar-refractivity contribution < 1.29 is 13.2 Å². The average molecular weight is 277 g/mol. The SMILES string of the molecule is Fc1ccc(F)c(-c2cc(Cl)cc(Cl)c2)c1F. The first-order chi connectivity index (χ1) is 7.99. The standard InChI is InChI=1S/C12H5Cl2F3/c13-7-3-6(4-8(14)5-7)11-9(15)1-2-10(16)12(11)17/h1-5H. The van der Waals surface area contributed by atoms with Crippen LogP contribution in [0.2, 0.25) is 10.0 Å². The van der Waals surface area contributed by atoms with E-state index in [-0.39, 0.29) is 15.6 Å². The van der Waals surface area contributed by atoms with Gasteiger partial charge in [0.25, 0.3) is 0 Å². The minimum Gasteiger partial charge on any atom is -0.206 e. The summed E-state index contributed by atoms with van der Waals surface area (Å²) in [7, 11) is 0. The molecule has 0 unspecified atom stereocenters. The van der Waals surface area contributed by atoms with E-state index in [1.54, 1.807) is 0 Å². The van der Waals surface area contributed by atoms with Gasteiger partial charge in [0.05, 0.1) is 5.56 Å². The molecule has 0 N–H and O–H groups in total. The zero-order valence-electron chi connectivity index (χ0n) is 8.28. The highest BCUT2D eigenvalue weighted by Crippen LogP contribution is 2.31. The van der Waals surface area contributed by atoms with Gasteiger partial charge in [0.2, 0.25) is 0 Å². The Labute approximate surface area is 106 Å². The Bertz CT molecular complexity index is 562. The molecule has 2 aromatic rings. The fourth-order valence-electron chi connectivity index (χ4n) is 1.49. The fourth-order valence-corrected chi connectivity index (χ4v) is 2.02. The Morgan fingerprint density at radius 1 is 0.765 bits per heavy atom. The molecular formula is C12H5Cl2F3. The van der Waals surface area contributed by atoms with Crippen LogP contribution in [0.1, 0.15) is 0 Å². The van der Waals surface area contributed by atoms with E-state index < -0.39 is 23.0 Å². The van der Waals surface area contributed by atoms with Crippen LogP contribution in [0.25, 0.3) is 11.1 Å². The van der Waals surface area contributed by atoms with Crippen molar-refractivity contribution in [3.63, 3.8) is 0 Å². The molecule has 17 heavy (non-hydrogen) atoms. The first-order valence-corrected chi connectivity index (χ1v) is 5.34. The van der Waals surface area contributed by atoms with E-state index in [9.17, 15) is 13.2 Å². The molecule has 2 aromatic carbocycles. The zero-order chi connectivity index (χ0) is 12.6. The summed E-state index contributed by atoms with van der Waals surface area (Å²) in [6, 6.07) is 5.62. The van der Waals surface area contributed by atoms with Crippen LogP contribution in [0.15, 0.2) is 30.3 Å². The topological polar surface area (TPSA) is 0 Å². The van der Waals surface area contributed by atoms with Gasteiger partial charge in [0.15, 0.2) is 11.6 Å². The molecule has 0 atom stereocenters. The first kappa shape index (κ1) is 12.3. The summed E-state index contributed by atoms with van der Waals surface area (Å²) >= 11 is 11.4. The molecule has 0 aliphatic rings. The molecule has 0 aliphatic heterocycles. The Morgan fingerprint density at radius 2 is 1.29 bits per heavy atom. The Kier molecular flexibility index (Phi) is 3.31. The van der Waals surface area contributed by atoms with Gasteiger partial charge in [-0.25, -0.2) is 13.2 Å². The largest absolute Gasteiger partial charge is 0.206 e. The third kappa shape index (κ3) is 2.40. The average Bonchev–Trinajstić information content (AvgIpc) is 2.23. The fraction of sp³-hybridized carbons (Fsp3) is 0. The summed E-state index contributed by atoms with van der Waals surface area (Å²) in [6.07, 6.45) is 0. The maximum atomic E-state index is 13.5. The summed E-state index contributed by atoms with van der Waals surface area (Å²) < 4.78 is 40.0. The van der Waals surface area contributed by atoms with Gasteiger partial charge in [-0.05, 0) is 35.9 Å². The second-order valence-electron chi connectivity index (χ2n) is 3.38. The van der Waals surface area contributed by atoms with Crippen molar-refractivity contribution in [2.75, 3.05) is 0 Å². The predicted octanol–water partition coefficient (Wildman–Crippen LogP) is 5.08. The maximum Gasteiger partial charge on any atom is 0.169 e. The Morgan fingerprint density at radius 3 is 1.88 bits per heavy atom. The highest BCUT2D eigenvalue weighted by atomic mass is 35.5. The van der Waals surface area contributed by atoms with Crippen molar-refractivity contribution in [1.29, 1.82) is 0 Å². The lowest BCUT2D eigenvalue weighted by Gasteiger charge is -2.07. The Balaban J connectivity index is 2.72. The van der Waals surface area contributed by atoms with Gasteiger partial charge >= 0.3 is 0 Å². The first-order valence-electron chi connectivity index (χ1n) is 4.59. The number of halogens is 5. The van der Waals surface area contributed by atoms with Gasteiger partial charge in [0.1, 0.15) is 5.82 Å². The van der Waals surface area contributed by atoms with E-state index in [0.717, 1.165) is 12.1 Å². The summed E-state index contributed by atoms with van der Waals surface area (Å²) in [5.74, 6) is -3.26. The van der Waals surface area contributed by atoms with Crippen LogP contribution in [-0.4, -0.2) is 0 Å². The molecule has 0 aromatic heterocycles. The van der Waals surface area contributed by atoms with Crippen molar-refractivity contribution >= 4 is 23.2 Å². The predicted molar refractivity (Wildman–Crippen MR) is 61.8 cm³/mol. The summed E-state index contributed by atoms with van der Waals surface area (Å²) in [5.41, 5.74) is -0.383. The lowest BCUT2D eigenvalue weighted by Crippen LogP contribution is -1.94. The molecule has 0 radical (unpaired) electrons. The van der Waals surface area contributed by atoms with Gasteiger partial charge in [-0.15, -0.1) is 0 Å². The number of hydrogen-bond acceptors (Lipinski definition) is 0. The number of benzene rings is 2. The van der Waals surface area contributed by atoms with Crippen molar-refractivity contribution in [3.8, 4) is 11.1 Å². The molecule has 0 bridgehead atoms. The van der Waals surface area contributed by atoms with Gasteiger partial charge < -0.3 is 0 Å². The van der Waals surface area contributed by atoms with E-state index in [2.05, 4.69) is 0 Å². The number of rotatable bonds is 1. The molecule has 0 nitrogen and oxygen atoms in total. The van der Waals surface area contributed by atoms with Crippen LogP contribution in [-0.2, 0) is 0 Å². The van der Waals surface area contributed by atoms with Gasteiger partial charge in [-0.1, -0.05) is 23.2 Å². The normalized spacial score (nSPS) is 10.6. The maximum absolute atomic E-state index is 13.5. The third-order valence-corrected chi connectivity index (χ3v) is 2.63. The van der Waals surface area contributed by atoms with Crippen LogP contribution < -0.4 is 0 Å². The lowest BCUT2D eigenvalue weighted by molar-refractivity contribution is 0.499. The quantitative estimate of drug-likeness (QED) is 0.638. The number of hydrogen-bond donors (Lipinski definition) is 0. The molecule has 0 heterocycles. The molecule has 0 aliphatic carbocycles. The van der Waals surface area contributed by atoms with Gasteiger partial charge in [-0.3, -0.25) is 0 Å². The molecule has 0 saturated carbocycles. The van der Waals surface area contributed by atoms with Crippen LogP contribution in [0.5, 0.6) is 0 Å². The van der Waals surface area contributed by atoms with Crippen LogP contribution in [0.4, 0.5) is 13.2 Å². The van der Waals surface area contributed by atoms with Crippen molar-refractivity contribution in [3.05, 3.63) is 57.8 Å². The Hall–Kier alpha value is -1.19. The van der Waals surface area contributed by atoms with E-state index in [0.29, 0.717) is 0 Å². The molecule has 0 spiro atoms. The molecule has 0 fully saturated rings. The monoisotopic (exact) mass is 276 g/mol. The van der Waals surface area contributed by atoms with Crippen LogP contribution in [0.3, 0.4) is 0 Å². The van der Waals surface area contributed by atoms with Gasteiger partial charge in [0, 0.05) is 10.0 Å². The molecule has 0 amide bonds. The highest BCUT2D eigenvalue weighted by Gasteiger charge is 2.16. The van der Waals surface area contributed by atoms with Crippen molar-refractivity contribution in [2.24, 2.45) is 0 Å². The van der Waals surface area contributed by atoms with E-state index in [4.69, 9.17) is 23.2 Å². The zero-order valence-corrected chi connectivity index (χ0v) is 9.79. The van der Waals surface area contributed by atoms with Crippen molar-refractivity contribution in [1.82, 2.24) is 0 Å².